The zero-order valence-corrected chi connectivity index (χ0v) is 21.7. The summed E-state index contributed by atoms with van der Waals surface area (Å²) in [5, 5.41) is 0. The number of hydrogen-bond donors (Lipinski definition) is 0. The largest absolute Gasteiger partial charge is 0.491 e. The van der Waals surface area contributed by atoms with Crippen LogP contribution in [0.3, 0.4) is 0 Å². The minimum atomic E-state index is -1.21. The predicted molar refractivity (Wildman–Crippen MR) is 142 cm³/mol. The number of amides is 3. The summed E-state index contributed by atoms with van der Waals surface area (Å²) >= 11 is 0. The first-order valence-corrected chi connectivity index (χ1v) is 12.9. The van der Waals surface area contributed by atoms with E-state index in [1.165, 1.54) is 47.4 Å². The van der Waals surface area contributed by atoms with Crippen LogP contribution in [0.5, 0.6) is 5.75 Å². The Bertz CT molecular complexity index is 1360. The van der Waals surface area contributed by atoms with Gasteiger partial charge in [0.05, 0.1) is 11.8 Å². The molecule has 3 aromatic carbocycles. The van der Waals surface area contributed by atoms with Crippen molar-refractivity contribution in [1.82, 2.24) is 4.90 Å². The topological polar surface area (TPSA) is 53.1 Å². The molecule has 198 valence electrons. The Balaban J connectivity index is 1.46. The highest BCUT2D eigenvalue weighted by Gasteiger charge is 2.60. The van der Waals surface area contributed by atoms with Gasteiger partial charge in [0.2, 0.25) is 0 Å². The molecule has 0 aromatic heterocycles. The molecular weight excluding hydrogens is 488 g/mol. The zero-order valence-electron chi connectivity index (χ0n) is 21.7. The lowest BCUT2D eigenvalue weighted by Crippen LogP contribution is -2.59. The minimum absolute atomic E-state index is 0.0692. The SMILES string of the molecule is CC(C)Oc1cccc(CN2CCC3(C[C@@H]2C)C(=O)N(c2cccc(F)c2)C(=O)N3c2cccc(F)c2)c1. The van der Waals surface area contributed by atoms with Crippen molar-refractivity contribution in [3.8, 4) is 5.75 Å². The molecule has 5 rings (SSSR count). The second kappa shape index (κ2) is 10.2. The summed E-state index contributed by atoms with van der Waals surface area (Å²) in [5.74, 6) is -0.668. The molecule has 3 amide bonds. The average Bonchev–Trinajstić information content (AvgIpc) is 3.06. The van der Waals surface area contributed by atoms with Gasteiger partial charge >= 0.3 is 6.03 Å². The number of piperidine rings is 1. The Morgan fingerprint density at radius 2 is 1.61 bits per heavy atom. The molecule has 3 aromatic rings. The van der Waals surface area contributed by atoms with Crippen molar-refractivity contribution in [1.29, 1.82) is 0 Å². The lowest BCUT2D eigenvalue weighted by atomic mass is 9.81. The highest BCUT2D eigenvalue weighted by Crippen LogP contribution is 2.44. The molecule has 2 atom stereocenters. The monoisotopic (exact) mass is 519 g/mol. The lowest BCUT2D eigenvalue weighted by molar-refractivity contribution is -0.123. The third-order valence-corrected chi connectivity index (χ3v) is 7.27. The van der Waals surface area contributed by atoms with Gasteiger partial charge in [-0.25, -0.2) is 18.5 Å². The Labute approximate surface area is 221 Å². The van der Waals surface area contributed by atoms with Crippen LogP contribution in [-0.4, -0.2) is 41.1 Å². The summed E-state index contributed by atoms with van der Waals surface area (Å²) < 4.78 is 34.2. The maximum atomic E-state index is 14.3. The molecule has 0 bridgehead atoms. The molecule has 6 nitrogen and oxygen atoms in total. The van der Waals surface area contributed by atoms with Gasteiger partial charge in [-0.3, -0.25) is 14.6 Å². The number of rotatable bonds is 6. The average molecular weight is 520 g/mol. The van der Waals surface area contributed by atoms with Crippen molar-refractivity contribution in [3.05, 3.63) is 90.0 Å². The molecule has 2 saturated heterocycles. The molecule has 1 spiro atoms. The van der Waals surface area contributed by atoms with Gasteiger partial charge in [-0.05, 0) is 87.7 Å². The fraction of sp³-hybridized carbons (Fsp3) is 0.333. The van der Waals surface area contributed by atoms with Crippen molar-refractivity contribution in [2.24, 2.45) is 0 Å². The number of carbonyl (C=O) groups excluding carboxylic acids is 2. The Morgan fingerprint density at radius 1 is 0.947 bits per heavy atom. The van der Waals surface area contributed by atoms with E-state index >= 15 is 0 Å². The van der Waals surface area contributed by atoms with Gasteiger partial charge in [0.1, 0.15) is 22.9 Å². The lowest BCUT2D eigenvalue weighted by Gasteiger charge is -2.45. The van der Waals surface area contributed by atoms with Crippen LogP contribution in [0.15, 0.2) is 72.8 Å². The third kappa shape index (κ3) is 4.76. The van der Waals surface area contributed by atoms with E-state index in [9.17, 15) is 18.4 Å². The smallest absolute Gasteiger partial charge is 0.336 e. The number of benzene rings is 3. The fourth-order valence-electron chi connectivity index (χ4n) is 5.61. The number of likely N-dealkylation sites (tertiary alicyclic amines) is 1. The number of imide groups is 1. The molecule has 0 aliphatic carbocycles. The molecule has 2 fully saturated rings. The van der Waals surface area contributed by atoms with Gasteiger partial charge in [-0.2, -0.15) is 0 Å². The highest BCUT2D eigenvalue weighted by molar-refractivity contribution is 6.30. The summed E-state index contributed by atoms with van der Waals surface area (Å²) in [4.78, 5) is 32.5. The Hall–Kier alpha value is -3.78. The van der Waals surface area contributed by atoms with Crippen molar-refractivity contribution in [2.45, 2.75) is 57.8 Å². The van der Waals surface area contributed by atoms with Gasteiger partial charge in [0.15, 0.2) is 0 Å². The predicted octanol–water partition coefficient (Wildman–Crippen LogP) is 6.15. The molecule has 0 saturated carbocycles. The van der Waals surface area contributed by atoms with Crippen LogP contribution in [0, 0.1) is 11.6 Å². The number of ether oxygens (including phenoxy) is 1. The van der Waals surface area contributed by atoms with E-state index in [0.717, 1.165) is 16.2 Å². The first-order chi connectivity index (χ1) is 18.2. The van der Waals surface area contributed by atoms with E-state index in [1.54, 1.807) is 6.07 Å². The number of hydrogen-bond acceptors (Lipinski definition) is 4. The summed E-state index contributed by atoms with van der Waals surface area (Å²) in [6.07, 6.45) is 0.772. The molecule has 1 unspecified atom stereocenters. The number of halogens is 2. The van der Waals surface area contributed by atoms with E-state index in [0.29, 0.717) is 31.6 Å². The standard InChI is InChI=1S/C30H31F2N3O3/c1-20(2)38-27-12-4-7-22(15-27)19-33-14-13-30(18-21(33)3)28(36)34(25-10-5-8-23(31)16-25)29(37)35(30)26-11-6-9-24(32)17-26/h4-12,15-17,20-21H,13-14,18-19H2,1-3H3/t21-,30?/m0/s1. The van der Waals surface area contributed by atoms with Crippen molar-refractivity contribution >= 4 is 23.3 Å². The van der Waals surface area contributed by atoms with E-state index in [4.69, 9.17) is 4.74 Å². The van der Waals surface area contributed by atoms with Crippen LogP contribution in [0.1, 0.15) is 39.2 Å². The second-order valence-corrected chi connectivity index (χ2v) is 10.3. The minimum Gasteiger partial charge on any atom is -0.491 e. The fourth-order valence-corrected chi connectivity index (χ4v) is 5.61. The van der Waals surface area contributed by atoms with Gasteiger partial charge in [0.25, 0.3) is 5.91 Å². The molecule has 8 heteroatoms. The van der Waals surface area contributed by atoms with Gasteiger partial charge in [-0.1, -0.05) is 24.3 Å². The molecule has 2 aliphatic rings. The van der Waals surface area contributed by atoms with Crippen molar-refractivity contribution in [3.63, 3.8) is 0 Å². The number of anilines is 2. The zero-order chi connectivity index (χ0) is 27.0. The maximum Gasteiger partial charge on any atom is 0.336 e. The number of carbonyl (C=O) groups is 2. The maximum absolute atomic E-state index is 14.3. The van der Waals surface area contributed by atoms with Gasteiger partial charge in [-0.15, -0.1) is 0 Å². The van der Waals surface area contributed by atoms with E-state index in [1.807, 2.05) is 45.0 Å². The van der Waals surface area contributed by atoms with Crippen LogP contribution < -0.4 is 14.5 Å². The molecule has 0 radical (unpaired) electrons. The van der Waals surface area contributed by atoms with Gasteiger partial charge in [0, 0.05) is 24.8 Å². The Morgan fingerprint density at radius 3 is 2.26 bits per heavy atom. The summed E-state index contributed by atoms with van der Waals surface area (Å²) in [6.45, 7) is 7.19. The molecule has 38 heavy (non-hydrogen) atoms. The summed E-state index contributed by atoms with van der Waals surface area (Å²) in [7, 11) is 0. The van der Waals surface area contributed by atoms with Crippen molar-refractivity contribution < 1.29 is 23.1 Å². The Kier molecular flexibility index (Phi) is 6.92. The van der Waals surface area contributed by atoms with Crippen LogP contribution in [0.25, 0.3) is 0 Å². The first kappa shape index (κ1) is 25.9. The highest BCUT2D eigenvalue weighted by atomic mass is 19.1. The number of nitrogens with zero attached hydrogens (tertiary/aromatic N) is 3. The molecule has 2 heterocycles. The quantitative estimate of drug-likeness (QED) is 0.367. The molecule has 2 aliphatic heterocycles. The normalized spacial score (nSPS) is 22.1. The summed E-state index contributed by atoms with van der Waals surface area (Å²) in [6, 6.07) is 18.4. The molecule has 0 N–H and O–H groups in total. The van der Waals surface area contributed by atoms with Gasteiger partial charge < -0.3 is 4.74 Å². The van der Waals surface area contributed by atoms with Crippen LogP contribution >= 0.6 is 0 Å². The van der Waals surface area contributed by atoms with Crippen molar-refractivity contribution in [2.75, 3.05) is 16.3 Å². The van der Waals surface area contributed by atoms with Crippen LogP contribution in [0.2, 0.25) is 0 Å². The van der Waals surface area contributed by atoms with Crippen LogP contribution in [0.4, 0.5) is 25.0 Å². The van der Waals surface area contributed by atoms with E-state index in [-0.39, 0.29) is 17.8 Å². The first-order valence-electron chi connectivity index (χ1n) is 12.9. The third-order valence-electron chi connectivity index (χ3n) is 7.27. The number of urea groups is 1. The van der Waals surface area contributed by atoms with E-state index in [2.05, 4.69) is 4.90 Å². The van der Waals surface area contributed by atoms with Crippen LogP contribution in [-0.2, 0) is 11.3 Å². The van der Waals surface area contributed by atoms with E-state index < -0.39 is 29.1 Å². The second-order valence-electron chi connectivity index (χ2n) is 10.3. The summed E-state index contributed by atoms with van der Waals surface area (Å²) in [5.41, 5.74) is 0.343. The molecular formula is C30H31F2N3O3.